The highest BCUT2D eigenvalue weighted by Crippen LogP contribution is 2.79. The highest BCUT2D eigenvalue weighted by Gasteiger charge is 2.45. The third-order valence-corrected chi connectivity index (χ3v) is 19.1. The molecule has 59 heavy (non-hydrogen) atoms. The molecule has 0 fully saturated rings. The van der Waals surface area contributed by atoms with E-state index in [4.69, 9.17) is 10.9 Å². The fraction of sp³-hybridized carbons (Fsp3) is 0.148. The van der Waals surface area contributed by atoms with Gasteiger partial charge >= 0.3 is 0 Å². The minimum Gasteiger partial charge on any atom is -0.346 e. The van der Waals surface area contributed by atoms with Crippen LogP contribution >= 0.6 is 8.75 Å². The molecule has 7 aromatic rings. The van der Waals surface area contributed by atoms with Crippen molar-refractivity contribution in [1.29, 1.82) is 0 Å². The van der Waals surface area contributed by atoms with E-state index in [1.54, 1.807) is 0 Å². The van der Waals surface area contributed by atoms with E-state index < -0.39 is 8.75 Å². The maximum Gasteiger partial charge on any atom is 0.148 e. The van der Waals surface area contributed by atoms with Gasteiger partial charge in [-0.15, -0.1) is 0 Å². The Morgan fingerprint density at radius 1 is 0.661 bits per heavy atom. The van der Waals surface area contributed by atoms with Crippen LogP contribution in [-0.4, -0.2) is 27.6 Å². The van der Waals surface area contributed by atoms with E-state index in [-0.39, 0.29) is 23.4 Å². The van der Waals surface area contributed by atoms with Crippen molar-refractivity contribution in [3.05, 3.63) is 217 Å². The Morgan fingerprint density at radius 3 is 1.98 bits per heavy atom. The molecule has 3 heterocycles. The average molecular weight is 785 g/mol. The molecule has 11 rings (SSSR count). The lowest BCUT2D eigenvalue weighted by atomic mass is 9.91. The van der Waals surface area contributed by atoms with Crippen molar-refractivity contribution in [2.24, 2.45) is 4.99 Å². The Morgan fingerprint density at radius 2 is 1.29 bits per heavy atom. The number of hydrogen-bond donors (Lipinski definition) is 1. The van der Waals surface area contributed by atoms with Crippen LogP contribution in [0.2, 0.25) is 0 Å². The topological polar surface area (TPSA) is 32.6 Å². The van der Waals surface area contributed by atoms with Gasteiger partial charge in [-0.25, -0.2) is 4.99 Å². The molecule has 1 N–H and O–H groups in total. The molecule has 1 aromatic heterocycles. The predicted octanol–water partition coefficient (Wildman–Crippen LogP) is 13.0. The summed E-state index contributed by atoms with van der Waals surface area (Å²) in [6.45, 7) is 2.25. The molecule has 2 aliphatic carbocycles. The van der Waals surface area contributed by atoms with Gasteiger partial charge in [0.15, 0.2) is 0 Å². The molecular formula is C54H48N4S. The van der Waals surface area contributed by atoms with Crippen LogP contribution in [0.5, 0.6) is 0 Å². The average Bonchev–Trinajstić information content (AvgIpc) is 3.83. The van der Waals surface area contributed by atoms with Gasteiger partial charge in [-0.1, -0.05) is 145 Å². The Balaban J connectivity index is 1.16. The van der Waals surface area contributed by atoms with E-state index in [0.717, 1.165) is 53.1 Å². The lowest BCUT2D eigenvalue weighted by molar-refractivity contribution is 0.570. The summed E-state index contributed by atoms with van der Waals surface area (Å²) in [5.74, 6) is 7.86. The molecule has 4 unspecified atom stereocenters. The lowest BCUT2D eigenvalue weighted by Gasteiger charge is -2.55. The minimum atomic E-state index is -3.01. The van der Waals surface area contributed by atoms with E-state index in [1.807, 2.05) is 0 Å². The van der Waals surface area contributed by atoms with E-state index in [1.165, 1.54) is 36.7 Å². The van der Waals surface area contributed by atoms with Gasteiger partial charge in [0.2, 0.25) is 0 Å². The van der Waals surface area contributed by atoms with Crippen molar-refractivity contribution in [3.8, 4) is 0 Å². The second-order valence-electron chi connectivity index (χ2n) is 16.4. The van der Waals surface area contributed by atoms with Gasteiger partial charge in [0, 0.05) is 33.2 Å². The fourth-order valence-corrected chi connectivity index (χ4v) is 15.9. The number of hydrogen-bond acceptors (Lipinski definition) is 3. The van der Waals surface area contributed by atoms with E-state index in [9.17, 15) is 0 Å². The predicted molar refractivity (Wildman–Crippen MR) is 250 cm³/mol. The zero-order chi connectivity index (χ0) is 39.6. The molecule has 0 saturated heterocycles. The van der Waals surface area contributed by atoms with Gasteiger partial charge in [0.1, 0.15) is 17.8 Å². The molecule has 0 amide bonds. The molecule has 6 aromatic carbocycles. The van der Waals surface area contributed by atoms with Crippen molar-refractivity contribution in [2.45, 2.75) is 64.2 Å². The summed E-state index contributed by atoms with van der Waals surface area (Å²) in [6, 6.07) is 58.2. The molecule has 5 heteroatoms. The zero-order valence-corrected chi connectivity index (χ0v) is 34.2. The largest absolute Gasteiger partial charge is 0.346 e. The number of benzene rings is 6. The minimum absolute atomic E-state index is 0.134. The number of nitrogens with zero attached hydrogens (tertiary/aromatic N) is 3. The summed E-state index contributed by atoms with van der Waals surface area (Å²) in [4.78, 5) is 12.2. The van der Waals surface area contributed by atoms with Crippen molar-refractivity contribution in [2.75, 3.05) is 4.90 Å². The van der Waals surface area contributed by atoms with Gasteiger partial charge in [-0.3, -0.25) is 4.57 Å². The monoisotopic (exact) mass is 784 g/mol. The maximum absolute atomic E-state index is 5.79. The number of aliphatic imine (C=N–C) groups is 1. The van der Waals surface area contributed by atoms with Crippen molar-refractivity contribution in [1.82, 2.24) is 9.88 Å². The van der Waals surface area contributed by atoms with Crippen LogP contribution in [0.15, 0.2) is 225 Å². The summed E-state index contributed by atoms with van der Waals surface area (Å²) < 4.78 is 2.40. The van der Waals surface area contributed by atoms with Crippen LogP contribution < -0.4 is 10.2 Å². The standard InChI is InChI=1S/C54H48N4S/c1-38-53(57-48-33-16-12-29-44(48)45-30-13-17-34-49(45)57)55-52(56-54(38)58-50-35-18-14-31-46(50)47-32-15-19-36-51(47)58)39-21-20-28-43(37-39)59(2,40-22-6-3-7-23-40,41-24-8-4-9-25-41)42-26-10-5-11-27-42/h3-4,6-10,12-26,28-37,42,44,48,52,55H,2,5,11,27H2,1H3. The summed E-state index contributed by atoms with van der Waals surface area (Å²) >= 11 is 0. The number of rotatable bonds is 6. The molecular weight excluding hydrogens is 737 g/mol. The van der Waals surface area contributed by atoms with Crippen molar-refractivity contribution in [3.63, 3.8) is 0 Å². The summed E-state index contributed by atoms with van der Waals surface area (Å²) in [5, 5.41) is 6.78. The molecule has 2 aliphatic heterocycles. The first-order chi connectivity index (χ1) is 29.0. The van der Waals surface area contributed by atoms with Gasteiger partial charge in [0.05, 0.1) is 17.1 Å². The smallest absolute Gasteiger partial charge is 0.148 e. The quantitative estimate of drug-likeness (QED) is 0.135. The third-order valence-electron chi connectivity index (χ3n) is 13.4. The van der Waals surface area contributed by atoms with Crippen LogP contribution in [0.4, 0.5) is 5.69 Å². The molecule has 4 nitrogen and oxygen atoms in total. The van der Waals surface area contributed by atoms with Crippen LogP contribution in [0.25, 0.3) is 21.8 Å². The highest BCUT2D eigenvalue weighted by molar-refractivity contribution is 8.47. The van der Waals surface area contributed by atoms with Gasteiger partial charge in [0.25, 0.3) is 0 Å². The fourth-order valence-electron chi connectivity index (χ4n) is 10.5. The van der Waals surface area contributed by atoms with Crippen LogP contribution in [0.3, 0.4) is 0 Å². The van der Waals surface area contributed by atoms with Gasteiger partial charge < -0.3 is 10.2 Å². The second-order valence-corrected chi connectivity index (χ2v) is 21.0. The SMILES string of the molecule is C=S(c1ccccc1)(c1ccccc1)(c1cccc(C2N=C(n3c4ccccc4c4ccccc43)C(C)=C(N3c4ccccc4C4C=CC=CC43)N2)c1)C1C=CCCC1. The first-order valence-electron chi connectivity index (χ1n) is 21.0. The first kappa shape index (κ1) is 35.7. The van der Waals surface area contributed by atoms with E-state index in [0.29, 0.717) is 0 Å². The number of fused-ring (bicyclic) bond motifs is 6. The summed E-state index contributed by atoms with van der Waals surface area (Å²) in [6.07, 6.45) is 16.9. The Labute approximate surface area is 347 Å². The second kappa shape index (κ2) is 13.9. The maximum atomic E-state index is 5.79. The number of nitrogens with one attached hydrogen (secondary N) is 1. The van der Waals surface area contributed by atoms with Crippen LogP contribution in [-0.2, 0) is 0 Å². The molecule has 0 radical (unpaired) electrons. The summed E-state index contributed by atoms with van der Waals surface area (Å²) in [7, 11) is -3.01. The molecule has 290 valence electrons. The number of allylic oxidation sites excluding steroid dienone is 4. The molecule has 4 aliphatic rings. The third kappa shape index (κ3) is 5.24. The normalized spacial score (nSPS) is 21.8. The molecule has 0 bridgehead atoms. The Bertz CT molecular complexity index is 2900. The van der Waals surface area contributed by atoms with Gasteiger partial charge in [-0.2, -0.15) is 8.75 Å². The molecule has 0 spiro atoms. The Kier molecular flexibility index (Phi) is 8.38. The molecule has 0 saturated carbocycles. The molecule has 4 atom stereocenters. The van der Waals surface area contributed by atoms with E-state index >= 15 is 0 Å². The highest BCUT2D eigenvalue weighted by atomic mass is 32.3. The summed E-state index contributed by atoms with van der Waals surface area (Å²) in [5.41, 5.74) is 7.11. The van der Waals surface area contributed by atoms with Gasteiger partial charge in [-0.05, 0) is 107 Å². The van der Waals surface area contributed by atoms with E-state index in [2.05, 4.69) is 216 Å². The Hall–Kier alpha value is -6.43. The van der Waals surface area contributed by atoms with Crippen LogP contribution in [0, 0.1) is 0 Å². The lowest BCUT2D eigenvalue weighted by Crippen LogP contribution is -2.43. The number of anilines is 1. The first-order valence-corrected chi connectivity index (χ1v) is 23.2. The zero-order valence-electron chi connectivity index (χ0n) is 33.4. The number of aromatic nitrogens is 1. The van der Waals surface area contributed by atoms with Crippen molar-refractivity contribution < 1.29 is 0 Å². The van der Waals surface area contributed by atoms with Crippen LogP contribution in [0.1, 0.15) is 49.4 Å². The number of para-hydroxylation sites is 3. The van der Waals surface area contributed by atoms with Crippen molar-refractivity contribution >= 4 is 47.9 Å².